The number of hydrogen-bond donors (Lipinski definition) is 0. The highest BCUT2D eigenvalue weighted by Crippen LogP contribution is 2.31. The van der Waals surface area contributed by atoms with Crippen LogP contribution in [0.5, 0.6) is 0 Å². The van der Waals surface area contributed by atoms with E-state index in [4.69, 9.17) is 11.6 Å². The number of carbonyl (C=O) groups is 1. The van der Waals surface area contributed by atoms with Gasteiger partial charge in [-0.3, -0.25) is 19.7 Å². The monoisotopic (exact) mass is 439 g/mol. The number of aryl methyl sites for hydroxylation is 1. The lowest BCUT2D eigenvalue weighted by Gasteiger charge is -2.13. The molecule has 0 fully saturated rings. The minimum Gasteiger partial charge on any atom is -0.348 e. The summed E-state index contributed by atoms with van der Waals surface area (Å²) in [6.45, 7) is 0. The van der Waals surface area contributed by atoms with E-state index >= 15 is 0 Å². The van der Waals surface area contributed by atoms with Gasteiger partial charge in [0.05, 0.1) is 28.2 Å². The summed E-state index contributed by atoms with van der Waals surface area (Å²) < 4.78 is 2.81. The molecule has 0 bridgehead atoms. The highest BCUT2D eigenvalue weighted by atomic mass is 35.5. The van der Waals surface area contributed by atoms with Crippen molar-refractivity contribution in [3.05, 3.63) is 73.6 Å². The summed E-state index contributed by atoms with van der Waals surface area (Å²) >= 11 is 6.16. The first-order valence-corrected chi connectivity index (χ1v) is 9.71. The predicted octanol–water partition coefficient (Wildman–Crippen LogP) is 3.07. The number of fused-ring (bicyclic) bond motifs is 3. The molecule has 1 amide bonds. The Morgan fingerprint density at radius 3 is 2.65 bits per heavy atom. The molecule has 31 heavy (non-hydrogen) atoms. The fraction of sp³-hybridized carbons (Fsp3) is 0.190. The van der Waals surface area contributed by atoms with Crippen LogP contribution in [0.4, 0.5) is 5.69 Å². The second kappa shape index (κ2) is 7.51. The number of nitro groups is 1. The number of benzene rings is 2. The number of nitro benzene ring substituents is 1. The average Bonchev–Trinajstić information content (AvgIpc) is 3.02. The van der Waals surface area contributed by atoms with Crippen LogP contribution < -0.4 is 5.56 Å². The summed E-state index contributed by atoms with van der Waals surface area (Å²) in [6.07, 6.45) is -0.0412. The molecule has 4 rings (SSSR count). The lowest BCUT2D eigenvalue weighted by Crippen LogP contribution is -2.28. The van der Waals surface area contributed by atoms with Gasteiger partial charge < -0.3 is 9.47 Å². The molecule has 0 saturated carbocycles. The van der Waals surface area contributed by atoms with E-state index in [1.54, 1.807) is 50.0 Å². The van der Waals surface area contributed by atoms with Crippen molar-refractivity contribution in [1.29, 1.82) is 0 Å². The van der Waals surface area contributed by atoms with Gasteiger partial charge in [0.15, 0.2) is 0 Å². The third kappa shape index (κ3) is 3.42. The third-order valence-electron chi connectivity index (χ3n) is 5.17. The molecule has 4 aromatic rings. The van der Waals surface area contributed by atoms with Crippen molar-refractivity contribution in [3.8, 4) is 5.69 Å². The molecule has 0 saturated heterocycles. The SMILES string of the molecule is CN(C)C(=O)Cc1nn(-c2cccc([N+](=O)[O-])c2)c(=O)c2c1c1ccc(Cl)cc1n2C. The van der Waals surface area contributed by atoms with Gasteiger partial charge in [0.25, 0.3) is 11.2 Å². The van der Waals surface area contributed by atoms with Gasteiger partial charge >= 0.3 is 0 Å². The minimum atomic E-state index is -0.539. The summed E-state index contributed by atoms with van der Waals surface area (Å²) in [6, 6.07) is 10.9. The zero-order valence-corrected chi connectivity index (χ0v) is 17.8. The summed E-state index contributed by atoms with van der Waals surface area (Å²) in [5, 5.41) is 17.5. The van der Waals surface area contributed by atoms with Gasteiger partial charge in [-0.25, -0.2) is 0 Å². The van der Waals surface area contributed by atoms with Crippen molar-refractivity contribution in [2.45, 2.75) is 6.42 Å². The maximum Gasteiger partial charge on any atom is 0.296 e. The number of aromatic nitrogens is 3. The van der Waals surface area contributed by atoms with E-state index < -0.39 is 10.5 Å². The number of hydrogen-bond acceptors (Lipinski definition) is 5. The molecule has 0 atom stereocenters. The Balaban J connectivity index is 2.11. The Labute approximate surface area is 181 Å². The molecule has 2 aromatic carbocycles. The van der Waals surface area contributed by atoms with E-state index in [2.05, 4.69) is 5.10 Å². The number of halogens is 1. The normalized spacial score (nSPS) is 11.2. The van der Waals surface area contributed by atoms with Crippen LogP contribution in [0.15, 0.2) is 47.3 Å². The second-order valence-electron chi connectivity index (χ2n) is 7.35. The molecule has 2 heterocycles. The Morgan fingerprint density at radius 1 is 1.23 bits per heavy atom. The van der Waals surface area contributed by atoms with Crippen molar-refractivity contribution >= 4 is 45.0 Å². The quantitative estimate of drug-likeness (QED) is 0.359. The molecule has 9 nitrogen and oxygen atoms in total. The van der Waals surface area contributed by atoms with Gasteiger partial charge in [-0.2, -0.15) is 9.78 Å². The highest BCUT2D eigenvalue weighted by Gasteiger charge is 2.22. The van der Waals surface area contributed by atoms with Gasteiger partial charge in [-0.1, -0.05) is 23.7 Å². The largest absolute Gasteiger partial charge is 0.348 e. The van der Waals surface area contributed by atoms with Gasteiger partial charge in [-0.05, 0) is 18.2 Å². The number of rotatable bonds is 4. The van der Waals surface area contributed by atoms with Crippen LogP contribution in [-0.4, -0.2) is 44.2 Å². The molecule has 0 radical (unpaired) electrons. The van der Waals surface area contributed by atoms with E-state index in [-0.39, 0.29) is 23.7 Å². The molecule has 0 spiro atoms. The first-order chi connectivity index (χ1) is 14.7. The van der Waals surface area contributed by atoms with Gasteiger partial charge in [0, 0.05) is 49.1 Å². The molecule has 158 valence electrons. The highest BCUT2D eigenvalue weighted by molar-refractivity contribution is 6.31. The van der Waals surface area contributed by atoms with Crippen LogP contribution in [0, 0.1) is 10.1 Å². The molecular weight excluding hydrogens is 422 g/mol. The number of amides is 1. The van der Waals surface area contributed by atoms with E-state index in [0.717, 1.165) is 15.6 Å². The molecule has 0 aliphatic carbocycles. The third-order valence-corrected chi connectivity index (χ3v) is 5.40. The standard InChI is InChI=1S/C21H18ClN5O4/c1-24(2)18(28)11-16-19-15-8-7-12(22)9-17(15)25(3)20(19)21(29)26(23-16)13-5-4-6-14(10-13)27(30)31/h4-10H,11H2,1-3H3. The lowest BCUT2D eigenvalue weighted by molar-refractivity contribution is -0.384. The van der Waals surface area contributed by atoms with Crippen LogP contribution in [0.1, 0.15) is 5.69 Å². The minimum absolute atomic E-state index is 0.0412. The summed E-state index contributed by atoms with van der Waals surface area (Å²) in [7, 11) is 5.01. The number of carbonyl (C=O) groups excluding carboxylic acids is 1. The van der Waals surface area contributed by atoms with Crippen molar-refractivity contribution < 1.29 is 9.72 Å². The number of likely N-dealkylation sites (N-methyl/N-ethyl adjacent to an activating group) is 1. The summed E-state index contributed by atoms with van der Waals surface area (Å²) in [4.78, 5) is 38.1. The van der Waals surface area contributed by atoms with Gasteiger partial charge in [-0.15, -0.1) is 0 Å². The molecule has 0 aliphatic heterocycles. The Hall–Kier alpha value is -3.72. The smallest absolute Gasteiger partial charge is 0.296 e. The Kier molecular flexibility index (Phi) is 4.98. The van der Waals surface area contributed by atoms with E-state index in [9.17, 15) is 19.7 Å². The lowest BCUT2D eigenvalue weighted by atomic mass is 10.1. The number of nitrogens with zero attached hydrogens (tertiary/aromatic N) is 5. The van der Waals surface area contributed by atoms with Crippen molar-refractivity contribution in [2.75, 3.05) is 14.1 Å². The zero-order valence-electron chi connectivity index (χ0n) is 17.0. The fourth-order valence-electron chi connectivity index (χ4n) is 3.61. The van der Waals surface area contributed by atoms with Crippen molar-refractivity contribution in [3.63, 3.8) is 0 Å². The Bertz CT molecular complexity index is 1440. The topological polar surface area (TPSA) is 103 Å². The van der Waals surface area contributed by atoms with Crippen molar-refractivity contribution in [2.24, 2.45) is 7.05 Å². The zero-order chi connectivity index (χ0) is 22.4. The molecule has 0 unspecified atom stereocenters. The van der Waals surface area contributed by atoms with E-state index in [1.165, 1.54) is 23.1 Å². The molecular formula is C21H18ClN5O4. The second-order valence-corrected chi connectivity index (χ2v) is 7.79. The maximum atomic E-state index is 13.4. The fourth-order valence-corrected chi connectivity index (χ4v) is 3.77. The maximum absolute atomic E-state index is 13.4. The molecule has 10 heteroatoms. The average molecular weight is 440 g/mol. The van der Waals surface area contributed by atoms with E-state index in [1.807, 2.05) is 0 Å². The van der Waals surface area contributed by atoms with Crippen molar-refractivity contribution in [1.82, 2.24) is 19.2 Å². The first-order valence-electron chi connectivity index (χ1n) is 9.34. The molecule has 0 N–H and O–H groups in total. The van der Waals surface area contributed by atoms with Gasteiger partial charge in [0.1, 0.15) is 5.52 Å². The first kappa shape index (κ1) is 20.5. The van der Waals surface area contributed by atoms with Crippen LogP contribution in [0.3, 0.4) is 0 Å². The Morgan fingerprint density at radius 2 is 1.97 bits per heavy atom. The summed E-state index contributed by atoms with van der Waals surface area (Å²) in [5.41, 5.74) is 1.07. The van der Waals surface area contributed by atoms with Crippen LogP contribution in [0.2, 0.25) is 5.02 Å². The number of non-ortho nitro benzene ring substituents is 1. The van der Waals surface area contributed by atoms with E-state index in [0.29, 0.717) is 21.6 Å². The van der Waals surface area contributed by atoms with Crippen LogP contribution in [0.25, 0.3) is 27.5 Å². The van der Waals surface area contributed by atoms with Crippen LogP contribution in [-0.2, 0) is 18.3 Å². The van der Waals surface area contributed by atoms with Crippen LogP contribution >= 0.6 is 11.6 Å². The predicted molar refractivity (Wildman–Crippen MR) is 118 cm³/mol. The molecule has 0 aliphatic rings. The summed E-state index contributed by atoms with van der Waals surface area (Å²) in [5.74, 6) is -0.191. The van der Waals surface area contributed by atoms with Gasteiger partial charge in [0.2, 0.25) is 5.91 Å². The molecule has 2 aromatic heterocycles.